The first-order valence-electron chi connectivity index (χ1n) is 5.41. The molecule has 62 valence electrons. The van der Waals surface area contributed by atoms with Gasteiger partial charge in [0.05, 0.1) is 0 Å². The van der Waals surface area contributed by atoms with E-state index in [4.69, 9.17) is 0 Å². The molecule has 11 heavy (non-hydrogen) atoms. The molecule has 0 aromatic carbocycles. The van der Waals surface area contributed by atoms with E-state index in [1.54, 1.807) is 51.4 Å². The lowest BCUT2D eigenvalue weighted by Gasteiger charge is -2.62. The zero-order valence-corrected chi connectivity index (χ0v) is 7.31. The third-order valence-electron chi connectivity index (χ3n) is 4.71. The van der Waals surface area contributed by atoms with Gasteiger partial charge in [0, 0.05) is 0 Å². The van der Waals surface area contributed by atoms with Crippen LogP contribution in [-0.2, 0) is 0 Å². The second kappa shape index (κ2) is 2.02. The predicted octanol–water partition coefficient (Wildman–Crippen LogP) is 3.37. The summed E-state index contributed by atoms with van der Waals surface area (Å²) in [6, 6.07) is 0. The fourth-order valence-corrected chi connectivity index (χ4v) is 4.26. The average molecular weight is 150 g/mol. The highest BCUT2D eigenvalue weighted by Gasteiger charge is 2.55. The van der Waals surface area contributed by atoms with Crippen LogP contribution in [0.25, 0.3) is 0 Å². The van der Waals surface area contributed by atoms with Crippen LogP contribution in [0, 0.1) is 17.3 Å². The van der Waals surface area contributed by atoms with Crippen molar-refractivity contribution in [1.82, 2.24) is 0 Å². The molecule has 3 aliphatic rings. The third kappa shape index (κ3) is 0.711. The van der Waals surface area contributed by atoms with Crippen LogP contribution >= 0.6 is 0 Å². The molecule has 3 saturated carbocycles. The van der Waals surface area contributed by atoms with Crippen LogP contribution in [0.5, 0.6) is 0 Å². The summed E-state index contributed by atoms with van der Waals surface area (Å²) in [4.78, 5) is 0. The minimum Gasteiger partial charge on any atom is -0.0530 e. The van der Waals surface area contributed by atoms with E-state index in [1.165, 1.54) is 11.8 Å². The Morgan fingerprint density at radius 3 is 2.64 bits per heavy atom. The van der Waals surface area contributed by atoms with Gasteiger partial charge in [-0.15, -0.1) is 0 Å². The van der Waals surface area contributed by atoms with Gasteiger partial charge < -0.3 is 0 Å². The van der Waals surface area contributed by atoms with Gasteiger partial charge in [0.25, 0.3) is 0 Å². The standard InChI is InChI=1S/C11H18/c1-2-6-11-7-3-4-9(8-11)10(11)5-1/h9-10H,1-8H2. The Morgan fingerprint density at radius 1 is 0.909 bits per heavy atom. The molecule has 0 heteroatoms. The Labute approximate surface area is 69.4 Å². The number of rotatable bonds is 0. The Balaban J connectivity index is 1.86. The second-order valence-electron chi connectivity index (χ2n) is 5.07. The zero-order valence-electron chi connectivity index (χ0n) is 7.31. The number of hydrogen-bond acceptors (Lipinski definition) is 0. The third-order valence-corrected chi connectivity index (χ3v) is 4.71. The van der Waals surface area contributed by atoms with E-state index in [2.05, 4.69) is 0 Å². The van der Waals surface area contributed by atoms with Crippen molar-refractivity contribution in [2.45, 2.75) is 51.4 Å². The smallest absolute Gasteiger partial charge is 0.0264 e. The summed E-state index contributed by atoms with van der Waals surface area (Å²) >= 11 is 0. The van der Waals surface area contributed by atoms with Crippen LogP contribution in [0.2, 0.25) is 0 Å². The summed E-state index contributed by atoms with van der Waals surface area (Å²) in [5.41, 5.74) is 0.918. The van der Waals surface area contributed by atoms with Gasteiger partial charge in [0.1, 0.15) is 0 Å². The van der Waals surface area contributed by atoms with E-state index in [0.29, 0.717) is 0 Å². The highest BCUT2D eigenvalue weighted by Crippen LogP contribution is 2.65. The van der Waals surface area contributed by atoms with Crippen LogP contribution in [0.1, 0.15) is 51.4 Å². The molecule has 3 rings (SSSR count). The Bertz CT molecular complexity index is 161. The zero-order chi connectivity index (χ0) is 7.31. The molecule has 0 N–H and O–H groups in total. The molecule has 0 amide bonds. The molecule has 0 radical (unpaired) electrons. The van der Waals surface area contributed by atoms with Crippen LogP contribution in [0.15, 0.2) is 0 Å². The summed E-state index contributed by atoms with van der Waals surface area (Å²) in [7, 11) is 0. The largest absolute Gasteiger partial charge is 0.0530 e. The minimum atomic E-state index is 0.918. The molecular formula is C11H18. The summed E-state index contributed by atoms with van der Waals surface area (Å²) < 4.78 is 0. The molecule has 3 aliphatic carbocycles. The number of fused-ring (bicyclic) bond motifs is 2. The lowest BCUT2D eigenvalue weighted by molar-refractivity contribution is -0.119. The maximum atomic E-state index is 1.62. The molecule has 0 aromatic rings. The summed E-state index contributed by atoms with van der Waals surface area (Å²) in [6.45, 7) is 0. The van der Waals surface area contributed by atoms with Crippen LogP contribution in [0.3, 0.4) is 0 Å². The van der Waals surface area contributed by atoms with Crippen LogP contribution in [0.4, 0.5) is 0 Å². The predicted molar refractivity (Wildman–Crippen MR) is 46.3 cm³/mol. The van der Waals surface area contributed by atoms with Gasteiger partial charge in [-0.2, -0.15) is 0 Å². The van der Waals surface area contributed by atoms with Gasteiger partial charge >= 0.3 is 0 Å². The molecule has 0 saturated heterocycles. The average Bonchev–Trinajstić information content (AvgIpc) is 2.04. The maximum Gasteiger partial charge on any atom is -0.0264 e. The lowest BCUT2D eigenvalue weighted by atomic mass is 9.43. The van der Waals surface area contributed by atoms with E-state index < -0.39 is 0 Å². The fraction of sp³-hybridized carbons (Fsp3) is 1.00. The van der Waals surface area contributed by atoms with Crippen molar-refractivity contribution in [2.24, 2.45) is 17.3 Å². The second-order valence-corrected chi connectivity index (χ2v) is 5.07. The summed E-state index contributed by atoms with van der Waals surface area (Å²) in [5, 5.41) is 0. The summed E-state index contributed by atoms with van der Waals surface area (Å²) in [5.74, 6) is 2.38. The van der Waals surface area contributed by atoms with Crippen molar-refractivity contribution in [3.8, 4) is 0 Å². The van der Waals surface area contributed by atoms with Crippen molar-refractivity contribution in [2.75, 3.05) is 0 Å². The van der Waals surface area contributed by atoms with Crippen molar-refractivity contribution in [3.05, 3.63) is 0 Å². The highest BCUT2D eigenvalue weighted by atomic mass is 14.6. The Morgan fingerprint density at radius 2 is 1.82 bits per heavy atom. The lowest BCUT2D eigenvalue weighted by Crippen LogP contribution is -2.52. The first-order valence-corrected chi connectivity index (χ1v) is 5.41. The van der Waals surface area contributed by atoms with Crippen molar-refractivity contribution >= 4 is 0 Å². The molecule has 0 nitrogen and oxygen atoms in total. The monoisotopic (exact) mass is 150 g/mol. The van der Waals surface area contributed by atoms with E-state index in [1.807, 2.05) is 0 Å². The topological polar surface area (TPSA) is 0 Å². The van der Waals surface area contributed by atoms with Crippen molar-refractivity contribution < 1.29 is 0 Å². The fourth-order valence-electron chi connectivity index (χ4n) is 4.26. The number of hydrogen-bond donors (Lipinski definition) is 0. The van der Waals surface area contributed by atoms with E-state index in [9.17, 15) is 0 Å². The Kier molecular flexibility index (Phi) is 1.20. The van der Waals surface area contributed by atoms with Crippen LogP contribution in [-0.4, -0.2) is 0 Å². The highest BCUT2D eigenvalue weighted by molar-refractivity contribution is 5.05. The normalized spacial score (nSPS) is 54.5. The molecule has 2 bridgehead atoms. The molecule has 3 fully saturated rings. The Hall–Kier alpha value is 0. The van der Waals surface area contributed by atoms with Gasteiger partial charge in [0.2, 0.25) is 0 Å². The molecule has 0 aliphatic heterocycles. The molecule has 0 aromatic heterocycles. The molecule has 3 atom stereocenters. The van der Waals surface area contributed by atoms with E-state index >= 15 is 0 Å². The van der Waals surface area contributed by atoms with E-state index in [0.717, 1.165) is 5.41 Å². The van der Waals surface area contributed by atoms with Crippen LogP contribution < -0.4 is 0 Å². The maximum absolute atomic E-state index is 1.62. The van der Waals surface area contributed by atoms with Gasteiger partial charge in [0.15, 0.2) is 0 Å². The van der Waals surface area contributed by atoms with Crippen molar-refractivity contribution in [1.29, 1.82) is 0 Å². The van der Waals surface area contributed by atoms with Gasteiger partial charge in [-0.1, -0.05) is 25.7 Å². The molecule has 0 heterocycles. The van der Waals surface area contributed by atoms with Gasteiger partial charge in [-0.25, -0.2) is 0 Å². The van der Waals surface area contributed by atoms with Gasteiger partial charge in [-0.05, 0) is 42.9 Å². The molecule has 1 spiro atoms. The quantitative estimate of drug-likeness (QED) is 0.496. The molecule has 3 unspecified atom stereocenters. The van der Waals surface area contributed by atoms with Crippen molar-refractivity contribution in [3.63, 3.8) is 0 Å². The first-order chi connectivity index (χ1) is 5.41. The van der Waals surface area contributed by atoms with Gasteiger partial charge in [-0.3, -0.25) is 0 Å². The SMILES string of the molecule is C1CCC23CCCC(C2)C3C1. The molecular weight excluding hydrogens is 132 g/mol. The minimum absolute atomic E-state index is 0.918. The summed E-state index contributed by atoms with van der Waals surface area (Å²) in [6.07, 6.45) is 12.6. The van der Waals surface area contributed by atoms with E-state index in [-0.39, 0.29) is 0 Å². The first kappa shape index (κ1) is 6.51.